The number of nitrogens with one attached hydrogen (secondary N) is 1. The van der Waals surface area contributed by atoms with Crippen LogP contribution in [0.4, 0.5) is 8.78 Å². The van der Waals surface area contributed by atoms with E-state index in [0.717, 1.165) is 18.1 Å². The minimum atomic E-state index is -0.838. The summed E-state index contributed by atoms with van der Waals surface area (Å²) in [5, 5.41) is 13.3. The van der Waals surface area contributed by atoms with Crippen LogP contribution in [0.1, 0.15) is 62.7 Å². The quantitative estimate of drug-likeness (QED) is 0.293. The lowest BCUT2D eigenvalue weighted by molar-refractivity contribution is 0.0238. The molecule has 0 radical (unpaired) electrons. The first-order valence-electron chi connectivity index (χ1n) is 14.4. The Morgan fingerprint density at radius 2 is 1.76 bits per heavy atom. The van der Waals surface area contributed by atoms with Gasteiger partial charge in [-0.2, -0.15) is 0 Å². The van der Waals surface area contributed by atoms with Crippen molar-refractivity contribution in [2.45, 2.75) is 64.3 Å². The van der Waals surface area contributed by atoms with Crippen LogP contribution in [0.5, 0.6) is 0 Å². The van der Waals surface area contributed by atoms with Gasteiger partial charge in [0.2, 0.25) is 0 Å². The first kappa shape index (κ1) is 31.3. The zero-order valence-corrected chi connectivity index (χ0v) is 24.1. The highest BCUT2D eigenvalue weighted by molar-refractivity contribution is 5.98. The normalized spacial score (nSPS) is 16.6. The van der Waals surface area contributed by atoms with Gasteiger partial charge in [0, 0.05) is 43.9 Å². The summed E-state index contributed by atoms with van der Waals surface area (Å²) >= 11 is 0. The summed E-state index contributed by atoms with van der Waals surface area (Å²) in [7, 11) is 0. The Balaban J connectivity index is 1.51. The van der Waals surface area contributed by atoms with Crippen molar-refractivity contribution in [3.8, 4) is 0 Å². The maximum atomic E-state index is 13.8. The number of benzene rings is 3. The van der Waals surface area contributed by atoms with Gasteiger partial charge in [-0.05, 0) is 85.2 Å². The summed E-state index contributed by atoms with van der Waals surface area (Å²) < 4.78 is 33.6. The molecule has 9 heteroatoms. The van der Waals surface area contributed by atoms with Gasteiger partial charge in [0.25, 0.3) is 5.91 Å². The number of likely N-dealkylation sites (tertiary alicyclic amines) is 1. The number of nitrogens with two attached hydrogens (primary N) is 1. The van der Waals surface area contributed by atoms with Crippen LogP contribution in [0, 0.1) is 18.6 Å². The number of halogens is 2. The van der Waals surface area contributed by atoms with Crippen LogP contribution >= 0.6 is 0 Å². The summed E-state index contributed by atoms with van der Waals surface area (Å²) in [5.41, 5.74) is 10.3. The molecular formula is C33H39F2N3O4. The Hall–Kier alpha value is -3.66. The van der Waals surface area contributed by atoms with Gasteiger partial charge in [0.1, 0.15) is 17.7 Å². The number of amides is 1. The van der Waals surface area contributed by atoms with E-state index in [0.29, 0.717) is 42.6 Å². The van der Waals surface area contributed by atoms with Gasteiger partial charge in [-0.15, -0.1) is 0 Å². The SMILES string of the molecule is CCc1cccc(CNCC(OC(=O)c2cc(C)cc(C(=O)N3CCCC(O)C3)c2)C(N)Cc2cc(F)cc(F)c2)c1. The minimum absolute atomic E-state index is 0.0778. The van der Waals surface area contributed by atoms with Crippen molar-refractivity contribution in [1.29, 1.82) is 0 Å². The Kier molecular flexibility index (Phi) is 10.8. The number of esters is 1. The molecule has 3 aromatic rings. The number of rotatable bonds is 11. The van der Waals surface area contributed by atoms with Gasteiger partial charge < -0.3 is 25.8 Å². The number of ether oxygens (including phenoxy) is 1. The second kappa shape index (κ2) is 14.5. The lowest BCUT2D eigenvalue weighted by Crippen LogP contribution is -2.46. The Morgan fingerprint density at radius 1 is 1.05 bits per heavy atom. The van der Waals surface area contributed by atoms with Crippen LogP contribution in [0.15, 0.2) is 60.7 Å². The van der Waals surface area contributed by atoms with Gasteiger partial charge in [-0.3, -0.25) is 4.79 Å². The van der Waals surface area contributed by atoms with Gasteiger partial charge in [0.05, 0.1) is 11.7 Å². The number of aliphatic hydroxyl groups is 1. The first-order valence-corrected chi connectivity index (χ1v) is 14.4. The highest BCUT2D eigenvalue weighted by atomic mass is 19.1. The molecule has 1 aliphatic heterocycles. The number of carbonyl (C=O) groups is 2. The van der Waals surface area contributed by atoms with Crippen molar-refractivity contribution in [2.75, 3.05) is 19.6 Å². The predicted molar refractivity (Wildman–Crippen MR) is 157 cm³/mol. The first-order chi connectivity index (χ1) is 20.1. The molecule has 3 unspecified atom stereocenters. The molecule has 3 atom stereocenters. The number of aryl methyl sites for hydroxylation is 2. The molecule has 0 bridgehead atoms. The summed E-state index contributed by atoms with van der Waals surface area (Å²) in [4.78, 5) is 28.1. The molecule has 224 valence electrons. The molecule has 3 aromatic carbocycles. The predicted octanol–water partition coefficient (Wildman–Crippen LogP) is 4.32. The molecule has 4 rings (SSSR count). The Labute approximate surface area is 245 Å². The molecule has 1 fully saturated rings. The summed E-state index contributed by atoms with van der Waals surface area (Å²) in [5.74, 6) is -2.34. The average molecular weight is 580 g/mol. The number of β-amino-alcohol motifs (C(OH)–C–C–N with tert-alkyl or cyclic N) is 1. The average Bonchev–Trinajstić information content (AvgIpc) is 2.95. The number of carbonyl (C=O) groups excluding carboxylic acids is 2. The van der Waals surface area contributed by atoms with Crippen LogP contribution in [-0.4, -0.2) is 59.8 Å². The van der Waals surface area contributed by atoms with E-state index in [1.54, 1.807) is 24.0 Å². The fourth-order valence-electron chi connectivity index (χ4n) is 5.28. The van der Waals surface area contributed by atoms with Crippen LogP contribution < -0.4 is 11.1 Å². The summed E-state index contributed by atoms with van der Waals surface area (Å²) in [6.07, 6.45) is 0.935. The van der Waals surface area contributed by atoms with Gasteiger partial charge in [-0.1, -0.05) is 31.2 Å². The van der Waals surface area contributed by atoms with Crippen molar-refractivity contribution in [2.24, 2.45) is 5.73 Å². The summed E-state index contributed by atoms with van der Waals surface area (Å²) in [6.45, 7) is 5.35. The van der Waals surface area contributed by atoms with E-state index in [4.69, 9.17) is 10.5 Å². The fraction of sp³-hybridized carbons (Fsp3) is 0.394. The zero-order chi connectivity index (χ0) is 30.2. The lowest BCUT2D eigenvalue weighted by Gasteiger charge is -2.30. The maximum Gasteiger partial charge on any atom is 0.338 e. The topological polar surface area (TPSA) is 105 Å². The molecule has 4 N–H and O–H groups in total. The van der Waals surface area contributed by atoms with Crippen molar-refractivity contribution in [3.05, 3.63) is 106 Å². The van der Waals surface area contributed by atoms with E-state index < -0.39 is 35.9 Å². The van der Waals surface area contributed by atoms with Gasteiger partial charge in [-0.25, -0.2) is 13.6 Å². The standard InChI is InChI=1S/C33H39F2N3O4/c1-3-22-6-4-7-23(12-22)18-37-19-31(30(36)15-24-13-27(34)17-28(35)14-24)42-33(41)26-11-21(2)10-25(16-26)32(40)38-9-5-8-29(39)20-38/h4,6-7,10-14,16-17,29-31,37,39H,3,5,8-9,15,18-20,36H2,1-2H3. The Morgan fingerprint density at radius 3 is 2.48 bits per heavy atom. The minimum Gasteiger partial charge on any atom is -0.456 e. The molecular weight excluding hydrogens is 540 g/mol. The Bertz CT molecular complexity index is 1380. The number of hydrogen-bond acceptors (Lipinski definition) is 6. The largest absolute Gasteiger partial charge is 0.456 e. The maximum absolute atomic E-state index is 13.8. The molecule has 42 heavy (non-hydrogen) atoms. The third-order valence-electron chi connectivity index (χ3n) is 7.45. The lowest BCUT2D eigenvalue weighted by atomic mass is 10.0. The van der Waals surface area contributed by atoms with Crippen molar-refractivity contribution in [1.82, 2.24) is 10.2 Å². The van der Waals surface area contributed by atoms with Gasteiger partial charge >= 0.3 is 5.97 Å². The third-order valence-corrected chi connectivity index (χ3v) is 7.45. The van der Waals surface area contributed by atoms with Crippen LogP contribution in [0.2, 0.25) is 0 Å². The molecule has 1 amide bonds. The molecule has 7 nitrogen and oxygen atoms in total. The highest BCUT2D eigenvalue weighted by Gasteiger charge is 2.27. The van der Waals surface area contributed by atoms with E-state index in [-0.39, 0.29) is 31.0 Å². The molecule has 0 spiro atoms. The zero-order valence-electron chi connectivity index (χ0n) is 24.1. The second-order valence-corrected chi connectivity index (χ2v) is 11.0. The van der Waals surface area contributed by atoms with E-state index in [2.05, 4.69) is 24.4 Å². The van der Waals surface area contributed by atoms with Crippen molar-refractivity contribution >= 4 is 11.9 Å². The van der Waals surface area contributed by atoms with Crippen LogP contribution in [-0.2, 0) is 24.1 Å². The van der Waals surface area contributed by atoms with Gasteiger partial charge in [0.15, 0.2) is 0 Å². The van der Waals surface area contributed by atoms with Crippen molar-refractivity contribution < 1.29 is 28.2 Å². The molecule has 0 aliphatic carbocycles. The number of hydrogen-bond donors (Lipinski definition) is 3. The van der Waals surface area contributed by atoms with E-state index >= 15 is 0 Å². The second-order valence-electron chi connectivity index (χ2n) is 11.0. The smallest absolute Gasteiger partial charge is 0.338 e. The molecule has 1 heterocycles. The number of nitrogens with zero attached hydrogens (tertiary/aromatic N) is 1. The van der Waals surface area contributed by atoms with Crippen molar-refractivity contribution in [3.63, 3.8) is 0 Å². The molecule has 0 aromatic heterocycles. The molecule has 1 saturated heterocycles. The third kappa shape index (κ3) is 8.67. The van der Waals surface area contributed by atoms with E-state index in [9.17, 15) is 23.5 Å². The van der Waals surface area contributed by atoms with Crippen LogP contribution in [0.3, 0.4) is 0 Å². The van der Waals surface area contributed by atoms with E-state index in [1.165, 1.54) is 23.8 Å². The monoisotopic (exact) mass is 579 g/mol. The molecule has 1 aliphatic rings. The summed E-state index contributed by atoms with van der Waals surface area (Å²) in [6, 6.07) is 15.4. The highest BCUT2D eigenvalue weighted by Crippen LogP contribution is 2.19. The fourth-order valence-corrected chi connectivity index (χ4v) is 5.28. The number of aliphatic hydroxyl groups excluding tert-OH is 1. The van der Waals surface area contributed by atoms with E-state index in [1.807, 2.05) is 12.1 Å². The van der Waals surface area contributed by atoms with Crippen LogP contribution in [0.25, 0.3) is 0 Å². The number of piperidine rings is 1. The molecule has 0 saturated carbocycles.